The first-order valence-corrected chi connectivity index (χ1v) is 4.20. The van der Waals surface area contributed by atoms with E-state index in [0.29, 0.717) is 0 Å². The van der Waals surface area contributed by atoms with Gasteiger partial charge < -0.3 is 4.90 Å². The Bertz CT molecular complexity index is 101. The quantitative estimate of drug-likeness (QED) is 0.581. The Morgan fingerprint density at radius 2 is 1.70 bits per heavy atom. The molecule has 0 aliphatic heterocycles. The van der Waals surface area contributed by atoms with Gasteiger partial charge in [-0.3, -0.25) is 0 Å². The van der Waals surface area contributed by atoms with Crippen LogP contribution >= 0.6 is 0 Å². The summed E-state index contributed by atoms with van der Waals surface area (Å²) in [6.45, 7) is 11.0. The highest BCUT2D eigenvalue weighted by molar-refractivity contribution is 4.97. The molecule has 0 heterocycles. The van der Waals surface area contributed by atoms with Crippen molar-refractivity contribution in [3.05, 3.63) is 11.8 Å². The molecule has 0 aromatic heterocycles. The van der Waals surface area contributed by atoms with E-state index >= 15 is 0 Å². The third-order valence-electron chi connectivity index (χ3n) is 1.87. The molecule has 0 radical (unpaired) electrons. The van der Waals surface area contributed by atoms with Gasteiger partial charge in [-0.05, 0) is 27.2 Å². The van der Waals surface area contributed by atoms with E-state index in [1.807, 2.05) is 0 Å². The standard InChI is InChI=1S/C9H19N/c1-5-9(6-2)10(7-3)8-4/h5H,6-8H2,1-4H3. The molecule has 0 rings (SSSR count). The van der Waals surface area contributed by atoms with Gasteiger partial charge >= 0.3 is 0 Å². The van der Waals surface area contributed by atoms with Crippen LogP contribution in [0.3, 0.4) is 0 Å². The summed E-state index contributed by atoms with van der Waals surface area (Å²) in [5.41, 5.74) is 1.46. The van der Waals surface area contributed by atoms with E-state index in [2.05, 4.69) is 38.7 Å². The highest BCUT2D eigenvalue weighted by atomic mass is 15.1. The van der Waals surface area contributed by atoms with Crippen LogP contribution in [0, 0.1) is 0 Å². The molecule has 10 heavy (non-hydrogen) atoms. The zero-order valence-electron chi connectivity index (χ0n) is 7.65. The lowest BCUT2D eigenvalue weighted by molar-refractivity contribution is 0.371. The van der Waals surface area contributed by atoms with Gasteiger partial charge in [0, 0.05) is 18.8 Å². The fourth-order valence-electron chi connectivity index (χ4n) is 1.24. The summed E-state index contributed by atoms with van der Waals surface area (Å²) in [7, 11) is 0. The van der Waals surface area contributed by atoms with Crippen LogP contribution in [-0.2, 0) is 0 Å². The molecule has 0 aromatic rings. The van der Waals surface area contributed by atoms with Gasteiger partial charge in [-0.1, -0.05) is 13.0 Å². The molecular weight excluding hydrogens is 122 g/mol. The molecule has 0 N–H and O–H groups in total. The van der Waals surface area contributed by atoms with Crippen molar-refractivity contribution in [2.45, 2.75) is 34.1 Å². The van der Waals surface area contributed by atoms with Gasteiger partial charge in [-0.25, -0.2) is 0 Å². The number of nitrogens with zero attached hydrogens (tertiary/aromatic N) is 1. The average molecular weight is 141 g/mol. The van der Waals surface area contributed by atoms with Crippen LogP contribution in [0.5, 0.6) is 0 Å². The number of rotatable bonds is 4. The molecule has 0 aliphatic carbocycles. The summed E-state index contributed by atoms with van der Waals surface area (Å²) in [4.78, 5) is 2.39. The van der Waals surface area contributed by atoms with E-state index in [4.69, 9.17) is 0 Å². The molecule has 60 valence electrons. The van der Waals surface area contributed by atoms with E-state index in [1.165, 1.54) is 5.70 Å². The topological polar surface area (TPSA) is 3.24 Å². The van der Waals surface area contributed by atoms with E-state index < -0.39 is 0 Å². The van der Waals surface area contributed by atoms with Gasteiger partial charge in [0.2, 0.25) is 0 Å². The lowest BCUT2D eigenvalue weighted by Crippen LogP contribution is -2.21. The minimum Gasteiger partial charge on any atom is -0.376 e. The largest absolute Gasteiger partial charge is 0.376 e. The van der Waals surface area contributed by atoms with Crippen molar-refractivity contribution in [1.29, 1.82) is 0 Å². The molecular formula is C9H19N. The summed E-state index contributed by atoms with van der Waals surface area (Å²) in [6, 6.07) is 0. The monoisotopic (exact) mass is 141 g/mol. The summed E-state index contributed by atoms with van der Waals surface area (Å²) in [5, 5.41) is 0. The van der Waals surface area contributed by atoms with Crippen molar-refractivity contribution in [3.63, 3.8) is 0 Å². The van der Waals surface area contributed by atoms with Crippen molar-refractivity contribution in [2.24, 2.45) is 0 Å². The predicted octanol–water partition coefficient (Wildman–Crippen LogP) is 2.64. The highest BCUT2D eigenvalue weighted by Gasteiger charge is 1.99. The van der Waals surface area contributed by atoms with Crippen LogP contribution in [0.25, 0.3) is 0 Å². The van der Waals surface area contributed by atoms with Gasteiger partial charge in [0.05, 0.1) is 0 Å². The maximum Gasteiger partial charge on any atom is 0.0146 e. The summed E-state index contributed by atoms with van der Waals surface area (Å²) >= 11 is 0. The third-order valence-corrected chi connectivity index (χ3v) is 1.87. The molecule has 0 aliphatic rings. The zero-order valence-corrected chi connectivity index (χ0v) is 7.65. The smallest absolute Gasteiger partial charge is 0.0146 e. The van der Waals surface area contributed by atoms with Gasteiger partial charge in [-0.15, -0.1) is 0 Å². The van der Waals surface area contributed by atoms with Crippen molar-refractivity contribution in [2.75, 3.05) is 13.1 Å². The summed E-state index contributed by atoms with van der Waals surface area (Å²) < 4.78 is 0. The van der Waals surface area contributed by atoms with Crippen molar-refractivity contribution >= 4 is 0 Å². The van der Waals surface area contributed by atoms with E-state index in [0.717, 1.165) is 19.5 Å². The zero-order chi connectivity index (χ0) is 7.98. The maximum atomic E-state index is 2.39. The van der Waals surface area contributed by atoms with Crippen LogP contribution in [0.4, 0.5) is 0 Å². The molecule has 0 saturated carbocycles. The van der Waals surface area contributed by atoms with Crippen molar-refractivity contribution in [3.8, 4) is 0 Å². The molecule has 0 spiro atoms. The van der Waals surface area contributed by atoms with Crippen LogP contribution in [0.15, 0.2) is 11.8 Å². The maximum absolute atomic E-state index is 2.39. The number of hydrogen-bond acceptors (Lipinski definition) is 1. The molecule has 0 amide bonds. The SMILES string of the molecule is CC=C(CC)N(CC)CC. The Morgan fingerprint density at radius 3 is 1.80 bits per heavy atom. The Balaban J connectivity index is 3.97. The second kappa shape index (κ2) is 5.33. The first-order valence-electron chi connectivity index (χ1n) is 4.20. The first-order chi connectivity index (χ1) is 4.79. The van der Waals surface area contributed by atoms with Crippen LogP contribution in [0.1, 0.15) is 34.1 Å². The highest BCUT2D eigenvalue weighted by Crippen LogP contribution is 2.06. The first kappa shape index (κ1) is 9.54. The van der Waals surface area contributed by atoms with Crippen LogP contribution in [-0.4, -0.2) is 18.0 Å². The number of allylic oxidation sites excluding steroid dienone is 2. The molecule has 1 heteroatoms. The van der Waals surface area contributed by atoms with Crippen LogP contribution in [0.2, 0.25) is 0 Å². The van der Waals surface area contributed by atoms with Gasteiger partial charge in [-0.2, -0.15) is 0 Å². The second-order valence-electron chi connectivity index (χ2n) is 2.31. The van der Waals surface area contributed by atoms with Crippen molar-refractivity contribution in [1.82, 2.24) is 4.90 Å². The molecule has 0 saturated heterocycles. The van der Waals surface area contributed by atoms with Gasteiger partial charge in [0.25, 0.3) is 0 Å². The van der Waals surface area contributed by atoms with Crippen molar-refractivity contribution < 1.29 is 0 Å². The summed E-state index contributed by atoms with van der Waals surface area (Å²) in [5.74, 6) is 0. The van der Waals surface area contributed by atoms with Gasteiger partial charge in [0.15, 0.2) is 0 Å². The fraction of sp³-hybridized carbons (Fsp3) is 0.778. The lowest BCUT2D eigenvalue weighted by atomic mass is 10.3. The Hall–Kier alpha value is -0.460. The Morgan fingerprint density at radius 1 is 1.20 bits per heavy atom. The molecule has 0 aromatic carbocycles. The normalized spacial score (nSPS) is 11.8. The molecule has 0 unspecified atom stereocenters. The molecule has 0 bridgehead atoms. The third kappa shape index (κ3) is 2.42. The number of hydrogen-bond donors (Lipinski definition) is 0. The Labute approximate surface area is 64.7 Å². The van der Waals surface area contributed by atoms with E-state index in [1.54, 1.807) is 0 Å². The summed E-state index contributed by atoms with van der Waals surface area (Å²) in [6.07, 6.45) is 3.35. The molecule has 1 nitrogen and oxygen atoms in total. The molecule has 0 fully saturated rings. The van der Waals surface area contributed by atoms with Crippen LogP contribution < -0.4 is 0 Å². The van der Waals surface area contributed by atoms with Gasteiger partial charge in [0.1, 0.15) is 0 Å². The predicted molar refractivity (Wildman–Crippen MR) is 47.0 cm³/mol. The minimum absolute atomic E-state index is 1.13. The minimum atomic E-state index is 1.13. The second-order valence-corrected chi connectivity index (χ2v) is 2.31. The lowest BCUT2D eigenvalue weighted by Gasteiger charge is -2.23. The average Bonchev–Trinajstić information content (AvgIpc) is 2.00. The van der Waals surface area contributed by atoms with E-state index in [9.17, 15) is 0 Å². The van der Waals surface area contributed by atoms with E-state index in [-0.39, 0.29) is 0 Å². The fourth-order valence-corrected chi connectivity index (χ4v) is 1.24. The Kier molecular flexibility index (Phi) is 5.09. The molecule has 0 atom stereocenters.